The van der Waals surface area contributed by atoms with Gasteiger partial charge in [-0.05, 0) is 31.0 Å². The second-order valence-electron chi connectivity index (χ2n) is 5.28. The highest BCUT2D eigenvalue weighted by atomic mass is 16.5. The number of morpholine rings is 1. The molecule has 1 unspecified atom stereocenters. The summed E-state index contributed by atoms with van der Waals surface area (Å²) >= 11 is 0. The number of nitrogens with zero attached hydrogens (tertiary/aromatic N) is 1. The van der Waals surface area contributed by atoms with Crippen molar-refractivity contribution in [2.45, 2.75) is 32.4 Å². The molecule has 1 amide bonds. The van der Waals surface area contributed by atoms with Crippen LogP contribution in [-0.4, -0.2) is 43.2 Å². The van der Waals surface area contributed by atoms with E-state index in [1.807, 2.05) is 24.3 Å². The summed E-state index contributed by atoms with van der Waals surface area (Å²) in [4.78, 5) is 14.0. The molecule has 1 aliphatic heterocycles. The molecule has 2 N–H and O–H groups in total. The molecule has 5 heteroatoms. The van der Waals surface area contributed by atoms with Gasteiger partial charge in [0, 0.05) is 19.1 Å². The van der Waals surface area contributed by atoms with Crippen molar-refractivity contribution in [1.82, 2.24) is 4.90 Å². The molecule has 0 aliphatic carbocycles. The average molecular weight is 292 g/mol. The van der Waals surface area contributed by atoms with Crippen LogP contribution in [0.25, 0.3) is 0 Å². The van der Waals surface area contributed by atoms with E-state index in [0.717, 1.165) is 12.0 Å². The zero-order valence-corrected chi connectivity index (χ0v) is 12.7. The lowest BCUT2D eigenvalue weighted by atomic mass is 10.1. The molecule has 1 fully saturated rings. The Morgan fingerprint density at radius 2 is 1.95 bits per heavy atom. The molecule has 2 atom stereocenters. The van der Waals surface area contributed by atoms with Crippen molar-refractivity contribution in [2.75, 3.05) is 26.3 Å². The van der Waals surface area contributed by atoms with Crippen LogP contribution >= 0.6 is 0 Å². The zero-order chi connectivity index (χ0) is 15.2. The van der Waals surface area contributed by atoms with Crippen LogP contribution in [0.3, 0.4) is 0 Å². The van der Waals surface area contributed by atoms with Gasteiger partial charge in [0.1, 0.15) is 5.75 Å². The van der Waals surface area contributed by atoms with E-state index in [1.165, 1.54) is 0 Å². The summed E-state index contributed by atoms with van der Waals surface area (Å²) in [5, 5.41) is 0. The Labute approximate surface area is 126 Å². The van der Waals surface area contributed by atoms with E-state index in [0.29, 0.717) is 32.1 Å². The Morgan fingerprint density at radius 1 is 1.33 bits per heavy atom. The number of rotatable bonds is 5. The van der Waals surface area contributed by atoms with Gasteiger partial charge in [0.15, 0.2) is 6.10 Å². The molecule has 1 aromatic rings. The molecule has 21 heavy (non-hydrogen) atoms. The van der Waals surface area contributed by atoms with Crippen LogP contribution in [0.5, 0.6) is 5.75 Å². The molecule has 116 valence electrons. The average Bonchev–Trinajstić information content (AvgIpc) is 2.55. The van der Waals surface area contributed by atoms with Crippen LogP contribution in [0.2, 0.25) is 0 Å². The highest BCUT2D eigenvalue weighted by Gasteiger charge is 2.23. The standard InChI is InChI=1S/C16H24N2O3/c1-3-15(17)13-4-6-14(7-5-13)21-12(2)16(19)18-8-10-20-11-9-18/h4-7,12,15H,3,8-11,17H2,1-2H3/t12?,15-/m1/s1. The smallest absolute Gasteiger partial charge is 0.263 e. The van der Waals surface area contributed by atoms with Crippen LogP contribution in [0.15, 0.2) is 24.3 Å². The summed E-state index contributed by atoms with van der Waals surface area (Å²) in [7, 11) is 0. The fraction of sp³-hybridized carbons (Fsp3) is 0.562. The summed E-state index contributed by atoms with van der Waals surface area (Å²) in [6, 6.07) is 7.69. The van der Waals surface area contributed by atoms with Crippen molar-refractivity contribution >= 4 is 5.91 Å². The van der Waals surface area contributed by atoms with Crippen molar-refractivity contribution in [1.29, 1.82) is 0 Å². The van der Waals surface area contributed by atoms with E-state index in [2.05, 4.69) is 6.92 Å². The highest BCUT2D eigenvalue weighted by molar-refractivity contribution is 5.81. The van der Waals surface area contributed by atoms with Gasteiger partial charge in [0.05, 0.1) is 13.2 Å². The van der Waals surface area contributed by atoms with Gasteiger partial charge in [-0.3, -0.25) is 4.79 Å². The quantitative estimate of drug-likeness (QED) is 0.897. The van der Waals surface area contributed by atoms with Crippen LogP contribution < -0.4 is 10.5 Å². The third kappa shape index (κ3) is 4.19. The minimum Gasteiger partial charge on any atom is -0.481 e. The molecule has 0 spiro atoms. The second-order valence-corrected chi connectivity index (χ2v) is 5.28. The Kier molecular flexibility index (Phi) is 5.59. The van der Waals surface area contributed by atoms with Crippen molar-refractivity contribution in [3.05, 3.63) is 29.8 Å². The van der Waals surface area contributed by atoms with Gasteiger partial charge in [-0.1, -0.05) is 19.1 Å². The Balaban J connectivity index is 1.92. The lowest BCUT2D eigenvalue weighted by Crippen LogP contribution is -2.46. The Morgan fingerprint density at radius 3 is 2.52 bits per heavy atom. The maximum Gasteiger partial charge on any atom is 0.263 e. The lowest BCUT2D eigenvalue weighted by Gasteiger charge is -2.29. The molecule has 1 aromatic carbocycles. The van der Waals surface area contributed by atoms with E-state index in [4.69, 9.17) is 15.2 Å². The first-order valence-electron chi connectivity index (χ1n) is 7.50. The third-order valence-electron chi connectivity index (χ3n) is 3.73. The van der Waals surface area contributed by atoms with E-state index >= 15 is 0 Å². The molecular weight excluding hydrogens is 268 g/mol. The molecule has 1 heterocycles. The second kappa shape index (κ2) is 7.43. The molecule has 0 saturated carbocycles. The fourth-order valence-corrected chi connectivity index (χ4v) is 2.32. The molecule has 0 bridgehead atoms. The van der Waals surface area contributed by atoms with Crippen LogP contribution in [0.1, 0.15) is 31.9 Å². The van der Waals surface area contributed by atoms with Crippen molar-refractivity contribution < 1.29 is 14.3 Å². The predicted molar refractivity (Wildman–Crippen MR) is 81.2 cm³/mol. The maximum absolute atomic E-state index is 12.2. The van der Waals surface area contributed by atoms with Crippen LogP contribution in [0, 0.1) is 0 Å². The van der Waals surface area contributed by atoms with Crippen molar-refractivity contribution in [3.63, 3.8) is 0 Å². The Hall–Kier alpha value is -1.59. The van der Waals surface area contributed by atoms with Gasteiger partial charge in [-0.2, -0.15) is 0 Å². The van der Waals surface area contributed by atoms with Crippen molar-refractivity contribution in [2.24, 2.45) is 5.73 Å². The topological polar surface area (TPSA) is 64.8 Å². The summed E-state index contributed by atoms with van der Waals surface area (Å²) < 4.78 is 11.0. The first-order chi connectivity index (χ1) is 10.1. The van der Waals surface area contributed by atoms with E-state index in [1.54, 1.807) is 11.8 Å². The summed E-state index contributed by atoms with van der Waals surface area (Å²) in [6.07, 6.45) is 0.403. The molecule has 1 saturated heterocycles. The highest BCUT2D eigenvalue weighted by Crippen LogP contribution is 2.19. The first-order valence-corrected chi connectivity index (χ1v) is 7.50. The number of hydrogen-bond donors (Lipinski definition) is 1. The number of amides is 1. The van der Waals surface area contributed by atoms with E-state index in [9.17, 15) is 4.79 Å². The number of hydrogen-bond acceptors (Lipinski definition) is 4. The normalized spacial score (nSPS) is 18.1. The van der Waals surface area contributed by atoms with Gasteiger partial charge >= 0.3 is 0 Å². The summed E-state index contributed by atoms with van der Waals surface area (Å²) in [6.45, 7) is 6.30. The monoisotopic (exact) mass is 292 g/mol. The van der Waals surface area contributed by atoms with Crippen molar-refractivity contribution in [3.8, 4) is 5.75 Å². The van der Waals surface area contributed by atoms with Gasteiger partial charge in [-0.25, -0.2) is 0 Å². The van der Waals surface area contributed by atoms with Crippen LogP contribution in [-0.2, 0) is 9.53 Å². The molecule has 2 rings (SSSR count). The molecular formula is C16H24N2O3. The minimum atomic E-state index is -0.492. The molecule has 5 nitrogen and oxygen atoms in total. The summed E-state index contributed by atoms with van der Waals surface area (Å²) in [5.74, 6) is 0.698. The number of benzene rings is 1. The van der Waals surface area contributed by atoms with Gasteiger partial charge in [0.25, 0.3) is 5.91 Å². The number of ether oxygens (including phenoxy) is 2. The first kappa shape index (κ1) is 15.8. The molecule has 0 radical (unpaired) electrons. The third-order valence-corrected chi connectivity index (χ3v) is 3.73. The van der Waals surface area contributed by atoms with Crippen LogP contribution in [0.4, 0.5) is 0 Å². The maximum atomic E-state index is 12.2. The molecule has 0 aromatic heterocycles. The lowest BCUT2D eigenvalue weighted by molar-refractivity contribution is -0.142. The SMILES string of the molecule is CC[C@@H](N)c1ccc(OC(C)C(=O)N2CCOCC2)cc1. The van der Waals surface area contributed by atoms with Gasteiger partial charge in [0.2, 0.25) is 0 Å². The largest absolute Gasteiger partial charge is 0.481 e. The summed E-state index contributed by atoms with van der Waals surface area (Å²) in [5.41, 5.74) is 7.06. The zero-order valence-electron chi connectivity index (χ0n) is 12.7. The van der Waals surface area contributed by atoms with Gasteiger partial charge < -0.3 is 20.1 Å². The predicted octanol–water partition coefficient (Wildman–Crippen LogP) is 1.72. The Bertz CT molecular complexity index is 455. The number of nitrogens with two attached hydrogens (primary N) is 1. The number of carbonyl (C=O) groups excluding carboxylic acids is 1. The fourth-order valence-electron chi connectivity index (χ4n) is 2.32. The van der Waals surface area contributed by atoms with E-state index in [-0.39, 0.29) is 11.9 Å². The number of carbonyl (C=O) groups is 1. The van der Waals surface area contributed by atoms with Gasteiger partial charge in [-0.15, -0.1) is 0 Å². The minimum absolute atomic E-state index is 0.00707. The van der Waals surface area contributed by atoms with E-state index < -0.39 is 6.10 Å². The molecule has 1 aliphatic rings.